The molecule has 1 saturated heterocycles. The summed E-state index contributed by atoms with van der Waals surface area (Å²) < 4.78 is 40.0. The largest absolute Gasteiger partial charge is 0.338 e. The van der Waals surface area contributed by atoms with Crippen molar-refractivity contribution in [1.82, 2.24) is 19.8 Å². The quantitative estimate of drug-likeness (QED) is 0.484. The molecular weight excluding hydrogens is 425 g/mol. The van der Waals surface area contributed by atoms with Crippen molar-refractivity contribution in [3.63, 3.8) is 0 Å². The fourth-order valence-electron chi connectivity index (χ4n) is 3.43. The first kappa shape index (κ1) is 23.0. The van der Waals surface area contributed by atoms with Gasteiger partial charge >= 0.3 is 0 Å². The number of amides is 1. The Kier molecular flexibility index (Phi) is 7.19. The van der Waals surface area contributed by atoms with Gasteiger partial charge in [0.15, 0.2) is 0 Å². The molecule has 1 aromatic carbocycles. The number of sulfonamides is 1. The number of carbonyl (C=O) groups is 1. The Morgan fingerprint density at radius 1 is 1.10 bits per heavy atom. The Morgan fingerprint density at radius 3 is 2.19 bits per heavy atom. The lowest BCUT2D eigenvalue weighted by Crippen LogP contribution is -2.51. The number of nitrogens with one attached hydrogen (secondary N) is 1. The number of rotatable bonds is 7. The van der Waals surface area contributed by atoms with E-state index in [0.717, 1.165) is 11.1 Å². The first-order valence-corrected chi connectivity index (χ1v) is 11.6. The highest BCUT2D eigenvalue weighted by molar-refractivity contribution is 7.89. The lowest BCUT2D eigenvalue weighted by Gasteiger charge is -2.34. The first-order chi connectivity index (χ1) is 14.7. The molecule has 1 aromatic heterocycles. The van der Waals surface area contributed by atoms with Crippen molar-refractivity contribution in [1.29, 1.82) is 0 Å². The van der Waals surface area contributed by atoms with Crippen LogP contribution in [-0.2, 0) is 14.8 Å². The molecule has 0 radical (unpaired) electrons. The van der Waals surface area contributed by atoms with Gasteiger partial charge in [-0.1, -0.05) is 26.0 Å². The molecule has 2 N–H and O–H groups in total. The van der Waals surface area contributed by atoms with Crippen LogP contribution in [0.25, 0.3) is 11.1 Å². The van der Waals surface area contributed by atoms with Crippen LogP contribution in [0.3, 0.4) is 0 Å². The number of hydroxylamine groups is 1. The van der Waals surface area contributed by atoms with Gasteiger partial charge in [-0.2, -0.15) is 4.31 Å². The molecule has 0 spiro atoms. The second-order valence-electron chi connectivity index (χ2n) is 7.77. The molecule has 168 valence electrons. The molecule has 3 rings (SSSR count). The Bertz CT molecular complexity index is 991. The van der Waals surface area contributed by atoms with Crippen molar-refractivity contribution in [2.75, 3.05) is 36.8 Å². The maximum Gasteiger partial charge on any atom is 0.247 e. The molecule has 1 aliphatic heterocycles. The highest BCUT2D eigenvalue weighted by atomic mass is 32.2. The van der Waals surface area contributed by atoms with E-state index in [2.05, 4.69) is 9.97 Å². The van der Waals surface area contributed by atoms with E-state index in [9.17, 15) is 17.6 Å². The third-order valence-corrected chi connectivity index (χ3v) is 7.30. The van der Waals surface area contributed by atoms with Crippen molar-refractivity contribution in [3.05, 3.63) is 42.5 Å². The predicted octanol–water partition coefficient (Wildman–Crippen LogP) is 1.51. The lowest BCUT2D eigenvalue weighted by molar-refractivity contribution is -0.134. The molecule has 1 fully saturated rings. The van der Waals surface area contributed by atoms with Crippen LogP contribution < -0.4 is 10.4 Å². The minimum absolute atomic E-state index is 0.240. The number of halogens is 1. The van der Waals surface area contributed by atoms with Crippen molar-refractivity contribution in [3.8, 4) is 11.1 Å². The normalized spacial score (nSPS) is 16.4. The smallest absolute Gasteiger partial charge is 0.247 e. The van der Waals surface area contributed by atoms with E-state index in [1.54, 1.807) is 43.9 Å². The Balaban J connectivity index is 1.62. The first-order valence-electron chi connectivity index (χ1n) is 9.96. The van der Waals surface area contributed by atoms with Crippen molar-refractivity contribution in [2.24, 2.45) is 11.8 Å². The van der Waals surface area contributed by atoms with Gasteiger partial charge in [0.05, 0.1) is 11.7 Å². The fourth-order valence-corrected chi connectivity index (χ4v) is 5.35. The molecule has 0 bridgehead atoms. The molecular formula is C20H26FN5O4S. The van der Waals surface area contributed by atoms with Gasteiger partial charge in [0.1, 0.15) is 5.82 Å². The zero-order valence-electron chi connectivity index (χ0n) is 17.4. The summed E-state index contributed by atoms with van der Waals surface area (Å²) in [6, 6.07) is 6.05. The number of nitrogens with zero attached hydrogens (tertiary/aromatic N) is 4. The predicted molar refractivity (Wildman–Crippen MR) is 113 cm³/mol. The van der Waals surface area contributed by atoms with Gasteiger partial charge in [-0.05, 0) is 23.6 Å². The molecule has 1 unspecified atom stereocenters. The maximum absolute atomic E-state index is 13.1. The topological polar surface area (TPSA) is 116 Å². The Hall–Kier alpha value is -2.63. The van der Waals surface area contributed by atoms with Crippen LogP contribution in [0.5, 0.6) is 0 Å². The number of anilines is 1. The van der Waals surface area contributed by atoms with E-state index in [-0.39, 0.29) is 30.6 Å². The van der Waals surface area contributed by atoms with Gasteiger partial charge in [0.25, 0.3) is 0 Å². The van der Waals surface area contributed by atoms with E-state index in [0.29, 0.717) is 19.0 Å². The molecule has 0 saturated carbocycles. The summed E-state index contributed by atoms with van der Waals surface area (Å²) >= 11 is 0. The second-order valence-corrected chi connectivity index (χ2v) is 9.78. The minimum Gasteiger partial charge on any atom is -0.338 e. The number of hydrogen-bond acceptors (Lipinski definition) is 7. The van der Waals surface area contributed by atoms with Crippen LogP contribution in [0.2, 0.25) is 0 Å². The van der Waals surface area contributed by atoms with Gasteiger partial charge in [-0.15, -0.1) is 0 Å². The number of carbonyl (C=O) groups excluding carboxylic acids is 1. The third-order valence-electron chi connectivity index (χ3n) is 5.37. The lowest BCUT2D eigenvalue weighted by atomic mass is 9.97. The molecule has 31 heavy (non-hydrogen) atoms. The summed E-state index contributed by atoms with van der Waals surface area (Å²) in [5.41, 5.74) is 3.11. The molecule has 1 amide bonds. The molecule has 11 heteroatoms. The highest BCUT2D eigenvalue weighted by Gasteiger charge is 2.34. The Labute approximate surface area is 180 Å². The van der Waals surface area contributed by atoms with E-state index < -0.39 is 21.8 Å². The number of aromatic nitrogens is 2. The van der Waals surface area contributed by atoms with E-state index in [1.807, 2.05) is 4.90 Å². The van der Waals surface area contributed by atoms with Gasteiger partial charge in [-0.3, -0.25) is 10.0 Å². The van der Waals surface area contributed by atoms with E-state index >= 15 is 0 Å². The molecule has 2 aromatic rings. The fraction of sp³-hybridized carbons (Fsp3) is 0.450. The molecule has 1 aliphatic rings. The molecule has 1 atom stereocenters. The van der Waals surface area contributed by atoms with Gasteiger partial charge in [0.2, 0.25) is 21.9 Å². The van der Waals surface area contributed by atoms with Crippen LogP contribution in [0, 0.1) is 17.7 Å². The van der Waals surface area contributed by atoms with E-state index in [4.69, 9.17) is 5.21 Å². The SMILES string of the molecule is CC(C)C(CS(=O)(=O)N1CCN(c2ncc(-c3ccc(F)cc3)cn2)CC1)C(=O)NO. The summed E-state index contributed by atoms with van der Waals surface area (Å²) in [6.45, 7) is 4.79. The van der Waals surface area contributed by atoms with Gasteiger partial charge in [-0.25, -0.2) is 28.3 Å². The maximum atomic E-state index is 13.1. The van der Waals surface area contributed by atoms with Crippen LogP contribution in [0.4, 0.5) is 10.3 Å². The van der Waals surface area contributed by atoms with Crippen LogP contribution in [-0.4, -0.2) is 65.7 Å². The summed E-state index contributed by atoms with van der Waals surface area (Å²) in [5.74, 6) is -1.97. The van der Waals surface area contributed by atoms with Crippen molar-refractivity contribution < 1.29 is 22.8 Å². The average Bonchev–Trinajstić information content (AvgIpc) is 2.77. The summed E-state index contributed by atoms with van der Waals surface area (Å²) in [7, 11) is -3.67. The van der Waals surface area contributed by atoms with Crippen LogP contribution >= 0.6 is 0 Å². The molecule has 2 heterocycles. The number of piperazine rings is 1. The van der Waals surface area contributed by atoms with Crippen LogP contribution in [0.15, 0.2) is 36.7 Å². The van der Waals surface area contributed by atoms with Gasteiger partial charge < -0.3 is 4.90 Å². The Morgan fingerprint density at radius 2 is 1.68 bits per heavy atom. The minimum atomic E-state index is -3.67. The second kappa shape index (κ2) is 9.67. The highest BCUT2D eigenvalue weighted by Crippen LogP contribution is 2.21. The standard InChI is InChI=1S/C20H26FN5O4S/c1-14(2)18(19(27)24-28)13-31(29,30)26-9-7-25(8-10-26)20-22-11-16(12-23-20)15-3-5-17(21)6-4-15/h3-6,11-12,14,18,28H,7-10,13H2,1-2H3,(H,24,27). The van der Waals surface area contributed by atoms with Gasteiger partial charge in [0, 0.05) is 44.1 Å². The summed E-state index contributed by atoms with van der Waals surface area (Å²) in [6.07, 6.45) is 3.30. The molecule has 9 nitrogen and oxygen atoms in total. The van der Waals surface area contributed by atoms with Crippen molar-refractivity contribution in [2.45, 2.75) is 13.8 Å². The monoisotopic (exact) mass is 451 g/mol. The zero-order chi connectivity index (χ0) is 22.6. The third kappa shape index (κ3) is 5.54. The molecule has 0 aliphatic carbocycles. The number of hydrogen-bond donors (Lipinski definition) is 2. The summed E-state index contributed by atoms with van der Waals surface area (Å²) in [5, 5.41) is 8.88. The zero-order valence-corrected chi connectivity index (χ0v) is 18.2. The average molecular weight is 452 g/mol. The van der Waals surface area contributed by atoms with E-state index in [1.165, 1.54) is 16.4 Å². The van der Waals surface area contributed by atoms with Crippen LogP contribution in [0.1, 0.15) is 13.8 Å². The van der Waals surface area contributed by atoms with Crippen molar-refractivity contribution >= 4 is 21.9 Å². The number of benzene rings is 1. The summed E-state index contributed by atoms with van der Waals surface area (Å²) in [4.78, 5) is 22.4.